The maximum absolute atomic E-state index is 14.4. The van der Waals surface area contributed by atoms with E-state index in [4.69, 9.17) is 5.73 Å². The predicted octanol–water partition coefficient (Wildman–Crippen LogP) is 5.56. The maximum atomic E-state index is 14.4. The molecule has 8 heteroatoms. The molecule has 0 bridgehead atoms. The molecule has 3 aromatic rings. The molecule has 8 nitrogen and oxygen atoms in total. The number of hydrogen-bond acceptors (Lipinski definition) is 5. The van der Waals surface area contributed by atoms with E-state index < -0.39 is 17.5 Å². The summed E-state index contributed by atoms with van der Waals surface area (Å²) in [7, 11) is 3.39. The number of benzene rings is 3. The monoisotopic (exact) mass is 653 g/mol. The van der Waals surface area contributed by atoms with Gasteiger partial charge in [-0.2, -0.15) is 0 Å². The summed E-state index contributed by atoms with van der Waals surface area (Å²) in [5.74, 6) is -1.21. The molecule has 1 unspecified atom stereocenters. The van der Waals surface area contributed by atoms with Crippen LogP contribution >= 0.6 is 0 Å². The second kappa shape index (κ2) is 15.0. The zero-order chi connectivity index (χ0) is 35.3. The topological polar surface area (TPSA) is 108 Å². The third-order valence-corrected chi connectivity index (χ3v) is 9.14. The van der Waals surface area contributed by atoms with Gasteiger partial charge >= 0.3 is 0 Å². The lowest BCUT2D eigenvalue weighted by Crippen LogP contribution is -2.62. The minimum Gasteiger partial charge on any atom is -0.353 e. The second-order valence-corrected chi connectivity index (χ2v) is 15.6. The molecule has 1 saturated heterocycles. The molecule has 0 radical (unpaired) electrons. The Bertz CT molecular complexity index is 1590. The Morgan fingerprint density at radius 3 is 2.17 bits per heavy atom. The van der Waals surface area contributed by atoms with Crippen LogP contribution in [0.15, 0.2) is 84.9 Å². The molecule has 0 aliphatic carbocycles. The molecule has 4 N–H and O–H groups in total. The number of fused-ring (bicyclic) bond motifs is 1. The van der Waals surface area contributed by atoms with Gasteiger partial charge in [-0.25, -0.2) is 0 Å². The molecular weight excluding hydrogens is 598 g/mol. The highest BCUT2D eigenvalue weighted by molar-refractivity contribution is 5.93. The van der Waals surface area contributed by atoms with E-state index in [1.165, 1.54) is 11.0 Å². The van der Waals surface area contributed by atoms with Crippen molar-refractivity contribution in [2.75, 3.05) is 20.6 Å². The van der Waals surface area contributed by atoms with Crippen LogP contribution in [0.1, 0.15) is 77.8 Å². The highest BCUT2D eigenvalue weighted by Gasteiger charge is 2.39. The van der Waals surface area contributed by atoms with Crippen molar-refractivity contribution in [3.63, 3.8) is 0 Å². The Balaban J connectivity index is 1.60. The second-order valence-electron chi connectivity index (χ2n) is 15.6. The van der Waals surface area contributed by atoms with Crippen LogP contribution in [0.5, 0.6) is 0 Å². The normalized spacial score (nSPS) is 17.5. The van der Waals surface area contributed by atoms with E-state index in [1.807, 2.05) is 74.5 Å². The van der Waals surface area contributed by atoms with Crippen LogP contribution in [0.2, 0.25) is 0 Å². The quantitative estimate of drug-likeness (QED) is 0.222. The van der Waals surface area contributed by atoms with Crippen molar-refractivity contribution in [2.24, 2.45) is 5.73 Å². The van der Waals surface area contributed by atoms with Crippen LogP contribution in [0.25, 0.3) is 10.8 Å². The van der Waals surface area contributed by atoms with Gasteiger partial charge in [-0.15, -0.1) is 0 Å². The van der Waals surface area contributed by atoms with Crippen LogP contribution in [0.4, 0.5) is 0 Å². The number of likely N-dealkylation sites (N-methyl/N-ethyl adjacent to an activating group) is 2. The van der Waals surface area contributed by atoms with E-state index >= 15 is 0 Å². The average molecular weight is 654 g/mol. The lowest BCUT2D eigenvalue weighted by Gasteiger charge is -2.47. The fourth-order valence-electron chi connectivity index (χ4n) is 7.08. The molecule has 48 heavy (non-hydrogen) atoms. The third-order valence-electron chi connectivity index (χ3n) is 9.14. The Labute approximate surface area is 287 Å². The van der Waals surface area contributed by atoms with Crippen LogP contribution < -0.4 is 16.4 Å². The smallest absolute Gasteiger partial charge is 0.246 e. The number of amides is 3. The molecule has 2 atom stereocenters. The van der Waals surface area contributed by atoms with Crippen LogP contribution in [-0.2, 0) is 20.8 Å². The van der Waals surface area contributed by atoms with Crippen LogP contribution in [-0.4, -0.2) is 76.9 Å². The number of carbonyl (C=O) groups is 3. The molecule has 1 fully saturated rings. The number of piperidine rings is 1. The van der Waals surface area contributed by atoms with Crippen LogP contribution in [0, 0.1) is 0 Å². The third kappa shape index (κ3) is 10.2. The van der Waals surface area contributed by atoms with E-state index in [-0.39, 0.29) is 41.4 Å². The van der Waals surface area contributed by atoms with Crippen molar-refractivity contribution in [3.8, 4) is 0 Å². The summed E-state index contributed by atoms with van der Waals surface area (Å²) >= 11 is 0. The van der Waals surface area contributed by atoms with Gasteiger partial charge in [-0.3, -0.25) is 14.4 Å². The fraction of sp³-hybridized carbons (Fsp3) is 0.475. The Hall–Kier alpha value is -4.01. The van der Waals surface area contributed by atoms with Crippen LogP contribution in [0.3, 0.4) is 0 Å². The molecule has 0 spiro atoms. The lowest BCUT2D eigenvalue weighted by molar-refractivity contribution is -0.142. The van der Waals surface area contributed by atoms with Gasteiger partial charge in [0.15, 0.2) is 0 Å². The number of nitrogens with two attached hydrogens (primary N) is 1. The summed E-state index contributed by atoms with van der Waals surface area (Å²) in [6, 6.07) is 23.0. The number of rotatable bonds is 12. The first-order chi connectivity index (χ1) is 22.4. The standard InChI is InChI=1S/C40H55N5O3/c1-38(2,41)22-14-19-35(46)45(8)34(24-28-20-21-29-15-12-13-18-31(29)23-28)37(48)44(7)27-33(30-16-10-9-11-17-30)36(47)42-32-25-39(3,4)43-40(5,6)26-32/h9-21,23,32-34,43H,22,24-27,41H2,1-8H3,(H,42,47)/b19-14+/t33?,34-/m1/s1. The minimum atomic E-state index is -0.787. The number of carbonyl (C=O) groups excluding carboxylic acids is 3. The van der Waals surface area contributed by atoms with E-state index in [1.54, 1.807) is 25.1 Å². The van der Waals surface area contributed by atoms with Gasteiger partial charge in [-0.05, 0) is 88.8 Å². The first-order valence-corrected chi connectivity index (χ1v) is 17.0. The molecule has 1 aliphatic heterocycles. The molecule has 258 valence electrons. The summed E-state index contributed by atoms with van der Waals surface area (Å²) in [6.07, 6.45) is 5.71. The summed E-state index contributed by atoms with van der Waals surface area (Å²) in [6.45, 7) is 12.6. The van der Waals surface area contributed by atoms with Gasteiger partial charge in [0.2, 0.25) is 17.7 Å². The van der Waals surface area contributed by atoms with Gasteiger partial charge in [0, 0.05) is 49.7 Å². The highest BCUT2D eigenvalue weighted by Crippen LogP contribution is 2.29. The maximum Gasteiger partial charge on any atom is 0.246 e. The molecule has 1 heterocycles. The average Bonchev–Trinajstić information content (AvgIpc) is 2.99. The molecular formula is C40H55N5O3. The molecule has 3 aromatic carbocycles. The largest absolute Gasteiger partial charge is 0.353 e. The fourth-order valence-corrected chi connectivity index (χ4v) is 7.08. The van der Waals surface area contributed by atoms with Crippen molar-refractivity contribution in [2.45, 2.75) is 102 Å². The number of nitrogens with one attached hydrogen (secondary N) is 2. The molecule has 3 amide bonds. The summed E-state index contributed by atoms with van der Waals surface area (Å²) in [5, 5.41) is 9.19. The number of hydrogen-bond donors (Lipinski definition) is 3. The molecule has 1 aliphatic rings. The van der Waals surface area contributed by atoms with E-state index in [0.29, 0.717) is 12.8 Å². The van der Waals surface area contributed by atoms with Crippen molar-refractivity contribution in [1.82, 2.24) is 20.4 Å². The van der Waals surface area contributed by atoms with E-state index in [0.717, 1.165) is 34.7 Å². The first kappa shape index (κ1) is 36.8. The summed E-state index contributed by atoms with van der Waals surface area (Å²) < 4.78 is 0. The Kier molecular flexibility index (Phi) is 11.5. The molecule has 4 rings (SSSR count). The Morgan fingerprint density at radius 1 is 0.938 bits per heavy atom. The molecule has 0 saturated carbocycles. The zero-order valence-electron chi connectivity index (χ0n) is 30.0. The van der Waals surface area contributed by atoms with Crippen molar-refractivity contribution in [3.05, 3.63) is 96.1 Å². The zero-order valence-corrected chi connectivity index (χ0v) is 30.0. The first-order valence-electron chi connectivity index (χ1n) is 17.0. The van der Waals surface area contributed by atoms with Gasteiger partial charge in [0.05, 0.1) is 5.92 Å². The van der Waals surface area contributed by atoms with E-state index in [2.05, 4.69) is 50.5 Å². The summed E-state index contributed by atoms with van der Waals surface area (Å²) in [5.41, 5.74) is 7.19. The predicted molar refractivity (Wildman–Crippen MR) is 196 cm³/mol. The molecule has 0 aromatic heterocycles. The number of nitrogens with zero attached hydrogens (tertiary/aromatic N) is 2. The van der Waals surface area contributed by atoms with Gasteiger partial charge < -0.3 is 26.2 Å². The van der Waals surface area contributed by atoms with Crippen molar-refractivity contribution < 1.29 is 14.4 Å². The van der Waals surface area contributed by atoms with Gasteiger partial charge in [0.1, 0.15) is 6.04 Å². The summed E-state index contributed by atoms with van der Waals surface area (Å²) in [4.78, 5) is 45.0. The van der Waals surface area contributed by atoms with Gasteiger partial charge in [-0.1, -0.05) is 78.9 Å². The van der Waals surface area contributed by atoms with Crippen molar-refractivity contribution in [1.29, 1.82) is 0 Å². The van der Waals surface area contributed by atoms with Crippen molar-refractivity contribution >= 4 is 28.5 Å². The lowest BCUT2D eigenvalue weighted by atomic mass is 9.79. The Morgan fingerprint density at radius 2 is 1.54 bits per heavy atom. The SMILES string of the molecule is CN(CC(C(=O)NC1CC(C)(C)NC(C)(C)C1)c1ccccc1)C(=O)[C@@H](Cc1ccc2ccccc2c1)N(C)C(=O)/C=C/CC(C)(C)N. The minimum absolute atomic E-state index is 0.00865. The van der Waals surface area contributed by atoms with Gasteiger partial charge in [0.25, 0.3) is 0 Å². The highest BCUT2D eigenvalue weighted by atomic mass is 16.2. The van der Waals surface area contributed by atoms with E-state index in [9.17, 15) is 14.4 Å².